The summed E-state index contributed by atoms with van der Waals surface area (Å²) in [5, 5.41) is 7.67. The number of para-hydroxylation sites is 1. The molecule has 1 saturated carbocycles. The van der Waals surface area contributed by atoms with Gasteiger partial charge >= 0.3 is 6.61 Å². The highest BCUT2D eigenvalue weighted by Gasteiger charge is 2.28. The molecule has 1 aliphatic rings. The summed E-state index contributed by atoms with van der Waals surface area (Å²) in [5.41, 5.74) is 0.385. The van der Waals surface area contributed by atoms with Crippen molar-refractivity contribution in [2.24, 2.45) is 0 Å². The molecule has 31 heavy (non-hydrogen) atoms. The van der Waals surface area contributed by atoms with E-state index in [1.165, 1.54) is 30.1 Å². The summed E-state index contributed by atoms with van der Waals surface area (Å²) < 4.78 is 43.7. The maximum Gasteiger partial charge on any atom is 0.387 e. The number of hydrogen-bond acceptors (Lipinski definition) is 6. The highest BCUT2D eigenvalue weighted by molar-refractivity contribution is 8.01. The third kappa shape index (κ3) is 6.36. The minimum atomic E-state index is -3.16. The first kappa shape index (κ1) is 22.9. The summed E-state index contributed by atoms with van der Waals surface area (Å²) in [6.45, 7) is -1.39. The minimum absolute atomic E-state index is 0.0663. The van der Waals surface area contributed by atoms with Crippen LogP contribution in [0.4, 0.5) is 19.0 Å². The first-order valence-electron chi connectivity index (χ1n) is 9.72. The van der Waals surface area contributed by atoms with Crippen molar-refractivity contribution < 1.29 is 22.7 Å². The Balaban J connectivity index is 1.83. The molecule has 1 atom stereocenters. The number of amides is 1. The number of carbonyl (C=O) groups excluding carboxylic acids is 1. The molecule has 166 valence electrons. The molecule has 3 rings (SSSR count). The van der Waals surface area contributed by atoms with Crippen LogP contribution in [0.3, 0.4) is 0 Å². The van der Waals surface area contributed by atoms with E-state index in [0.29, 0.717) is 5.82 Å². The number of thioether (sulfide) groups is 1. The highest BCUT2D eigenvalue weighted by Crippen LogP contribution is 2.38. The molecule has 1 aliphatic carbocycles. The summed E-state index contributed by atoms with van der Waals surface area (Å²) in [7, 11) is 0. The molecule has 1 heterocycles. The molecule has 0 bridgehead atoms. The Morgan fingerprint density at radius 1 is 1.39 bits per heavy atom. The van der Waals surface area contributed by atoms with Crippen LogP contribution in [0.15, 0.2) is 35.9 Å². The van der Waals surface area contributed by atoms with Gasteiger partial charge in [-0.05, 0) is 37.5 Å². The molecule has 1 amide bonds. The number of anilines is 1. The second-order valence-corrected chi connectivity index (χ2v) is 7.79. The molecule has 1 aromatic heterocycles. The molecule has 10 heteroatoms. The zero-order chi connectivity index (χ0) is 22.4. The summed E-state index contributed by atoms with van der Waals surface area (Å²) in [4.78, 5) is 21.5. The third-order valence-corrected chi connectivity index (χ3v) is 4.99. The maximum absolute atomic E-state index is 14.0. The van der Waals surface area contributed by atoms with Crippen LogP contribution in [-0.2, 0) is 6.54 Å². The number of nitrogens with one attached hydrogen (secondary N) is 2. The lowest BCUT2D eigenvalue weighted by atomic mass is 10.2. The van der Waals surface area contributed by atoms with Crippen LogP contribution in [0.1, 0.15) is 47.4 Å². The summed E-state index contributed by atoms with van der Waals surface area (Å²) in [5.74, 6) is -0.712. The van der Waals surface area contributed by atoms with Crippen molar-refractivity contribution in [1.82, 2.24) is 15.3 Å². The number of hydrogen-bond donors (Lipinski definition) is 2. The van der Waals surface area contributed by atoms with Gasteiger partial charge in [-0.1, -0.05) is 18.2 Å². The van der Waals surface area contributed by atoms with Gasteiger partial charge in [0.05, 0.1) is 0 Å². The number of aromatic nitrogens is 2. The van der Waals surface area contributed by atoms with Crippen LogP contribution >= 0.6 is 11.8 Å². The van der Waals surface area contributed by atoms with Crippen LogP contribution in [-0.4, -0.2) is 34.8 Å². The average Bonchev–Trinajstić information content (AvgIpc) is 3.57. The molecule has 0 spiro atoms. The Bertz CT molecular complexity index is 954. The van der Waals surface area contributed by atoms with Gasteiger partial charge in [0.25, 0.3) is 5.91 Å². The van der Waals surface area contributed by atoms with E-state index in [4.69, 9.17) is 0 Å². The SMILES string of the molecule is CS/C=C/C(C)NC(=O)c1cnc(C2CC2)nc1NCc1cccc(F)c1OC(F)F. The molecule has 0 radical (unpaired) electrons. The number of halogens is 3. The fraction of sp³-hybridized carbons (Fsp3) is 0.381. The second-order valence-electron chi connectivity index (χ2n) is 7.05. The molecule has 0 saturated heterocycles. The lowest BCUT2D eigenvalue weighted by Crippen LogP contribution is -2.32. The summed E-state index contributed by atoms with van der Waals surface area (Å²) in [6, 6.07) is 3.68. The van der Waals surface area contributed by atoms with E-state index in [2.05, 4.69) is 25.3 Å². The fourth-order valence-corrected chi connectivity index (χ4v) is 3.25. The van der Waals surface area contributed by atoms with Crippen molar-refractivity contribution in [1.29, 1.82) is 0 Å². The van der Waals surface area contributed by atoms with Crippen LogP contribution < -0.4 is 15.4 Å². The predicted molar refractivity (Wildman–Crippen MR) is 114 cm³/mol. The Labute approximate surface area is 182 Å². The van der Waals surface area contributed by atoms with E-state index in [-0.39, 0.29) is 41.4 Å². The van der Waals surface area contributed by atoms with Crippen molar-refractivity contribution in [3.05, 3.63) is 58.6 Å². The maximum atomic E-state index is 14.0. The van der Waals surface area contributed by atoms with Crippen LogP contribution in [0.25, 0.3) is 0 Å². The van der Waals surface area contributed by atoms with E-state index < -0.39 is 18.2 Å². The number of benzene rings is 1. The van der Waals surface area contributed by atoms with Crippen molar-refractivity contribution in [3.63, 3.8) is 0 Å². The van der Waals surface area contributed by atoms with Crippen LogP contribution in [0, 0.1) is 5.82 Å². The Kier molecular flexibility index (Phi) is 7.78. The van der Waals surface area contributed by atoms with Gasteiger partial charge in [-0.2, -0.15) is 8.78 Å². The molecule has 2 aromatic rings. The molecule has 1 unspecified atom stereocenters. The first-order valence-corrected chi connectivity index (χ1v) is 11.0. The van der Waals surface area contributed by atoms with Gasteiger partial charge < -0.3 is 15.4 Å². The van der Waals surface area contributed by atoms with Crippen molar-refractivity contribution >= 4 is 23.5 Å². The topological polar surface area (TPSA) is 76.1 Å². The van der Waals surface area contributed by atoms with E-state index in [1.54, 1.807) is 0 Å². The van der Waals surface area contributed by atoms with Gasteiger partial charge in [-0.15, -0.1) is 11.8 Å². The lowest BCUT2D eigenvalue weighted by Gasteiger charge is -2.16. The molecule has 0 aliphatic heterocycles. The van der Waals surface area contributed by atoms with E-state index in [9.17, 15) is 18.0 Å². The fourth-order valence-electron chi connectivity index (χ4n) is 2.86. The normalized spacial score (nSPS) is 14.6. The predicted octanol–water partition coefficient (Wildman–Crippen LogP) is 4.70. The van der Waals surface area contributed by atoms with Gasteiger partial charge in [0.15, 0.2) is 11.6 Å². The van der Waals surface area contributed by atoms with E-state index in [0.717, 1.165) is 18.9 Å². The average molecular weight is 453 g/mol. The third-order valence-electron chi connectivity index (χ3n) is 4.56. The number of alkyl halides is 2. The molecular weight excluding hydrogens is 429 g/mol. The van der Waals surface area contributed by atoms with E-state index in [1.807, 2.05) is 24.7 Å². The number of nitrogens with zero attached hydrogens (tertiary/aromatic N) is 2. The van der Waals surface area contributed by atoms with Crippen molar-refractivity contribution in [2.45, 2.75) is 44.9 Å². The molecule has 2 N–H and O–H groups in total. The zero-order valence-electron chi connectivity index (χ0n) is 17.1. The highest BCUT2D eigenvalue weighted by atomic mass is 32.2. The smallest absolute Gasteiger partial charge is 0.387 e. The molecular formula is C21H23F3N4O2S. The Morgan fingerprint density at radius 3 is 2.84 bits per heavy atom. The largest absolute Gasteiger partial charge is 0.431 e. The quantitative estimate of drug-likeness (QED) is 0.544. The van der Waals surface area contributed by atoms with Gasteiger partial charge in [0.2, 0.25) is 0 Å². The van der Waals surface area contributed by atoms with Gasteiger partial charge in [-0.3, -0.25) is 4.79 Å². The summed E-state index contributed by atoms with van der Waals surface area (Å²) in [6.07, 6.45) is 7.15. The second kappa shape index (κ2) is 10.5. The molecule has 1 aromatic carbocycles. The number of rotatable bonds is 10. The minimum Gasteiger partial charge on any atom is -0.431 e. The van der Waals surface area contributed by atoms with Crippen molar-refractivity contribution in [3.8, 4) is 5.75 Å². The van der Waals surface area contributed by atoms with Gasteiger partial charge in [0, 0.05) is 30.3 Å². The van der Waals surface area contributed by atoms with Gasteiger partial charge in [0.1, 0.15) is 17.2 Å². The Morgan fingerprint density at radius 2 is 2.16 bits per heavy atom. The standard InChI is InChI=1S/C21H23F3N4O2S/c1-12(8-9-31-2)27-20(29)15-11-26-18(13-6-7-13)28-19(15)25-10-14-4-3-5-16(22)17(14)30-21(23)24/h3-5,8-9,11-13,21H,6-7,10H2,1-2H3,(H,27,29)(H,25,26,28)/b9-8+. The molecule has 1 fully saturated rings. The van der Waals surface area contributed by atoms with Crippen molar-refractivity contribution in [2.75, 3.05) is 11.6 Å². The number of ether oxygens (including phenoxy) is 1. The van der Waals surface area contributed by atoms with Gasteiger partial charge in [-0.25, -0.2) is 14.4 Å². The first-order chi connectivity index (χ1) is 14.9. The van der Waals surface area contributed by atoms with E-state index >= 15 is 0 Å². The summed E-state index contributed by atoms with van der Waals surface area (Å²) >= 11 is 1.52. The lowest BCUT2D eigenvalue weighted by molar-refractivity contribution is -0.0527. The molecule has 6 nitrogen and oxygen atoms in total. The number of carbonyl (C=O) groups is 1. The Hall–Kier alpha value is -2.75. The van der Waals surface area contributed by atoms with Crippen LogP contribution in [0.2, 0.25) is 0 Å². The zero-order valence-corrected chi connectivity index (χ0v) is 17.9. The van der Waals surface area contributed by atoms with Crippen LogP contribution in [0.5, 0.6) is 5.75 Å². The monoisotopic (exact) mass is 452 g/mol.